The summed E-state index contributed by atoms with van der Waals surface area (Å²) in [5.41, 5.74) is 3.63. The van der Waals surface area contributed by atoms with Gasteiger partial charge in [0.25, 0.3) is 0 Å². The van der Waals surface area contributed by atoms with Crippen LogP contribution in [0.3, 0.4) is 0 Å². The number of hydrogen-bond donors (Lipinski definition) is 0. The molecular formula is C16H22ClN3S. The number of alkyl halides is 1. The van der Waals surface area contributed by atoms with Crippen molar-refractivity contribution in [2.45, 2.75) is 19.9 Å². The van der Waals surface area contributed by atoms with Crippen molar-refractivity contribution in [2.75, 3.05) is 37.0 Å². The highest BCUT2D eigenvalue weighted by atomic mass is 35.5. The normalized spacial score (nSPS) is 16.7. The van der Waals surface area contributed by atoms with Crippen molar-refractivity contribution in [1.29, 1.82) is 0 Å². The van der Waals surface area contributed by atoms with Crippen LogP contribution in [0, 0.1) is 6.92 Å². The third kappa shape index (κ3) is 3.55. The van der Waals surface area contributed by atoms with E-state index in [-0.39, 0.29) is 0 Å². The zero-order chi connectivity index (χ0) is 14.7. The second-order valence-electron chi connectivity index (χ2n) is 5.56. The number of fused-ring (bicyclic) bond motifs is 1. The van der Waals surface area contributed by atoms with Gasteiger partial charge in [-0.15, -0.1) is 11.6 Å². The lowest BCUT2D eigenvalue weighted by molar-refractivity contribution is 0.289. The van der Waals surface area contributed by atoms with E-state index in [0.717, 1.165) is 30.9 Å². The molecule has 1 aliphatic heterocycles. The Morgan fingerprint density at radius 3 is 2.81 bits per heavy atom. The van der Waals surface area contributed by atoms with Crippen LogP contribution < -0.4 is 0 Å². The molecule has 1 aromatic carbocycles. The van der Waals surface area contributed by atoms with Gasteiger partial charge in [0.2, 0.25) is 0 Å². The van der Waals surface area contributed by atoms with Crippen LogP contribution in [0.2, 0.25) is 0 Å². The maximum Gasteiger partial charge on any atom is 0.111 e. The minimum Gasteiger partial charge on any atom is -0.327 e. The second-order valence-corrected chi connectivity index (χ2v) is 7.17. The topological polar surface area (TPSA) is 21.1 Å². The molecule has 3 nitrogen and oxygen atoms in total. The predicted octanol–water partition coefficient (Wildman–Crippen LogP) is 3.17. The first kappa shape index (κ1) is 15.2. The largest absolute Gasteiger partial charge is 0.327 e. The summed E-state index contributed by atoms with van der Waals surface area (Å²) in [5, 5.41) is 0. The Morgan fingerprint density at radius 2 is 2.05 bits per heavy atom. The fourth-order valence-corrected chi connectivity index (χ4v) is 4.02. The molecule has 0 saturated carbocycles. The van der Waals surface area contributed by atoms with Crippen molar-refractivity contribution in [2.24, 2.45) is 0 Å². The Morgan fingerprint density at radius 1 is 1.24 bits per heavy atom. The Hall–Kier alpha value is -0.710. The zero-order valence-electron chi connectivity index (χ0n) is 12.5. The van der Waals surface area contributed by atoms with Crippen LogP contribution >= 0.6 is 23.4 Å². The van der Waals surface area contributed by atoms with Crippen molar-refractivity contribution in [1.82, 2.24) is 14.5 Å². The fraction of sp³-hybridized carbons (Fsp3) is 0.562. The van der Waals surface area contributed by atoms with Gasteiger partial charge in [-0.1, -0.05) is 6.07 Å². The van der Waals surface area contributed by atoms with Crippen molar-refractivity contribution in [3.8, 4) is 0 Å². The number of benzene rings is 1. The highest BCUT2D eigenvalue weighted by Crippen LogP contribution is 2.19. The van der Waals surface area contributed by atoms with Crippen molar-refractivity contribution in [3.05, 3.63) is 29.6 Å². The molecule has 0 spiro atoms. The van der Waals surface area contributed by atoms with E-state index in [1.165, 1.54) is 35.7 Å². The minimum atomic E-state index is 0.628. The van der Waals surface area contributed by atoms with Gasteiger partial charge in [0, 0.05) is 50.0 Å². The van der Waals surface area contributed by atoms with E-state index in [4.69, 9.17) is 16.6 Å². The Bertz CT molecular complexity index is 605. The van der Waals surface area contributed by atoms with Gasteiger partial charge >= 0.3 is 0 Å². The molecule has 0 radical (unpaired) electrons. The zero-order valence-corrected chi connectivity index (χ0v) is 14.1. The van der Waals surface area contributed by atoms with Gasteiger partial charge in [0.1, 0.15) is 5.82 Å². The Labute approximate surface area is 135 Å². The number of rotatable bonds is 5. The Balaban J connectivity index is 1.83. The third-order valence-electron chi connectivity index (χ3n) is 4.04. The van der Waals surface area contributed by atoms with E-state index in [9.17, 15) is 0 Å². The van der Waals surface area contributed by atoms with Gasteiger partial charge in [-0.05, 0) is 24.6 Å². The van der Waals surface area contributed by atoms with Crippen molar-refractivity contribution >= 4 is 34.4 Å². The van der Waals surface area contributed by atoms with Gasteiger partial charge < -0.3 is 4.57 Å². The summed E-state index contributed by atoms with van der Waals surface area (Å²) < 4.78 is 2.37. The molecular weight excluding hydrogens is 302 g/mol. The van der Waals surface area contributed by atoms with Crippen LogP contribution in [0.25, 0.3) is 11.0 Å². The molecule has 1 aliphatic rings. The molecule has 1 fully saturated rings. The molecule has 1 saturated heterocycles. The lowest BCUT2D eigenvalue weighted by Gasteiger charge is -2.26. The standard InChI is InChI=1S/C16H22ClN3S/c1-13-2-3-14-15(12-13)20(16(18-14)4-5-17)7-6-19-8-10-21-11-9-19/h2-3,12H,4-11H2,1H3. The minimum absolute atomic E-state index is 0.628. The first-order chi connectivity index (χ1) is 10.3. The fourth-order valence-electron chi connectivity index (χ4n) is 2.87. The number of aromatic nitrogens is 2. The number of thioether (sulfide) groups is 1. The number of nitrogens with zero attached hydrogens (tertiary/aromatic N) is 3. The SMILES string of the molecule is Cc1ccc2nc(CCCl)n(CCN3CCSCC3)c2c1. The maximum absolute atomic E-state index is 5.95. The van der Waals surface area contributed by atoms with E-state index >= 15 is 0 Å². The number of imidazole rings is 1. The molecule has 0 aliphatic carbocycles. The van der Waals surface area contributed by atoms with E-state index < -0.39 is 0 Å². The van der Waals surface area contributed by atoms with Crippen LogP contribution in [0.15, 0.2) is 18.2 Å². The van der Waals surface area contributed by atoms with E-state index in [1.54, 1.807) is 0 Å². The van der Waals surface area contributed by atoms with Crippen LogP contribution in [-0.4, -0.2) is 51.5 Å². The Kier molecular flexibility index (Phi) is 5.09. The predicted molar refractivity (Wildman–Crippen MR) is 92.7 cm³/mol. The summed E-state index contributed by atoms with van der Waals surface area (Å²) in [6.07, 6.45) is 0.838. The summed E-state index contributed by atoms with van der Waals surface area (Å²) in [6, 6.07) is 6.49. The lowest BCUT2D eigenvalue weighted by Crippen LogP contribution is -2.35. The lowest BCUT2D eigenvalue weighted by atomic mass is 10.2. The van der Waals surface area contributed by atoms with E-state index in [2.05, 4.69) is 46.4 Å². The third-order valence-corrected chi connectivity index (χ3v) is 5.18. The molecule has 0 unspecified atom stereocenters. The first-order valence-electron chi connectivity index (χ1n) is 7.60. The summed E-state index contributed by atoms with van der Waals surface area (Å²) in [6.45, 7) is 6.67. The van der Waals surface area contributed by atoms with Crippen LogP contribution in [0.1, 0.15) is 11.4 Å². The van der Waals surface area contributed by atoms with E-state index in [0.29, 0.717) is 5.88 Å². The summed E-state index contributed by atoms with van der Waals surface area (Å²) in [7, 11) is 0. The molecule has 0 atom stereocenters. The molecule has 0 N–H and O–H groups in total. The van der Waals surface area contributed by atoms with Crippen molar-refractivity contribution < 1.29 is 0 Å². The highest BCUT2D eigenvalue weighted by molar-refractivity contribution is 7.99. The van der Waals surface area contributed by atoms with Crippen LogP contribution in [0.4, 0.5) is 0 Å². The van der Waals surface area contributed by atoms with Gasteiger partial charge in [0.05, 0.1) is 11.0 Å². The van der Waals surface area contributed by atoms with E-state index in [1.807, 2.05) is 0 Å². The molecule has 2 aromatic rings. The van der Waals surface area contributed by atoms with Gasteiger partial charge in [0.15, 0.2) is 0 Å². The smallest absolute Gasteiger partial charge is 0.111 e. The van der Waals surface area contributed by atoms with Gasteiger partial charge in [-0.3, -0.25) is 4.90 Å². The summed E-state index contributed by atoms with van der Waals surface area (Å²) >= 11 is 8.01. The monoisotopic (exact) mass is 323 g/mol. The highest BCUT2D eigenvalue weighted by Gasteiger charge is 2.14. The first-order valence-corrected chi connectivity index (χ1v) is 9.28. The number of aryl methyl sites for hydroxylation is 2. The molecule has 0 amide bonds. The molecule has 21 heavy (non-hydrogen) atoms. The quantitative estimate of drug-likeness (QED) is 0.789. The summed E-state index contributed by atoms with van der Waals surface area (Å²) in [4.78, 5) is 7.32. The van der Waals surface area contributed by atoms with Gasteiger partial charge in [-0.25, -0.2) is 4.98 Å². The molecule has 2 heterocycles. The number of hydrogen-bond acceptors (Lipinski definition) is 3. The van der Waals surface area contributed by atoms with Crippen LogP contribution in [0.5, 0.6) is 0 Å². The van der Waals surface area contributed by atoms with Crippen LogP contribution in [-0.2, 0) is 13.0 Å². The molecule has 114 valence electrons. The molecule has 3 rings (SSSR count). The number of halogens is 1. The maximum atomic E-state index is 5.95. The van der Waals surface area contributed by atoms with Crippen molar-refractivity contribution in [3.63, 3.8) is 0 Å². The van der Waals surface area contributed by atoms with Gasteiger partial charge in [-0.2, -0.15) is 11.8 Å². The molecule has 0 bridgehead atoms. The molecule has 1 aromatic heterocycles. The second kappa shape index (κ2) is 7.03. The summed E-state index contributed by atoms with van der Waals surface area (Å²) in [5.74, 6) is 4.27. The average molecular weight is 324 g/mol. The average Bonchev–Trinajstić information content (AvgIpc) is 2.83. The molecule has 5 heteroatoms.